The van der Waals surface area contributed by atoms with Crippen LogP contribution in [0.25, 0.3) is 11.3 Å². The maximum Gasteiger partial charge on any atom is 0.289 e. The number of aromatic nitrogens is 2. The van der Waals surface area contributed by atoms with E-state index in [1.807, 2.05) is 31.2 Å². The van der Waals surface area contributed by atoms with Crippen LogP contribution in [0.15, 0.2) is 53.6 Å². The fourth-order valence-electron chi connectivity index (χ4n) is 2.29. The zero-order chi connectivity index (χ0) is 19.4. The summed E-state index contributed by atoms with van der Waals surface area (Å²) in [5, 5.41) is 21.5. The van der Waals surface area contributed by atoms with Gasteiger partial charge in [0.05, 0.1) is 16.8 Å². The van der Waals surface area contributed by atoms with Crippen LogP contribution < -0.4 is 5.43 Å². The Labute approximate surface area is 159 Å². The molecule has 8 nitrogen and oxygen atoms in total. The molecule has 2 N–H and O–H groups in total. The molecule has 0 aliphatic rings. The Balaban J connectivity index is 1.68. The topological polar surface area (TPSA) is 113 Å². The summed E-state index contributed by atoms with van der Waals surface area (Å²) < 4.78 is 0. The zero-order valence-electron chi connectivity index (χ0n) is 14.1. The third kappa shape index (κ3) is 4.36. The highest BCUT2D eigenvalue weighted by molar-refractivity contribution is 6.32. The lowest BCUT2D eigenvalue weighted by Gasteiger charge is -1.98. The Morgan fingerprint density at radius 2 is 2.00 bits per heavy atom. The molecule has 0 radical (unpaired) electrons. The fourth-order valence-corrected chi connectivity index (χ4v) is 2.47. The lowest BCUT2D eigenvalue weighted by atomic mass is 10.1. The van der Waals surface area contributed by atoms with Crippen molar-refractivity contribution in [2.75, 3.05) is 0 Å². The predicted molar refractivity (Wildman–Crippen MR) is 102 cm³/mol. The van der Waals surface area contributed by atoms with Crippen molar-refractivity contribution in [1.29, 1.82) is 0 Å². The molecular weight excluding hydrogens is 370 g/mol. The van der Waals surface area contributed by atoms with Gasteiger partial charge in [-0.2, -0.15) is 10.2 Å². The van der Waals surface area contributed by atoms with E-state index in [9.17, 15) is 14.9 Å². The number of aromatic amines is 1. The summed E-state index contributed by atoms with van der Waals surface area (Å²) in [7, 11) is 0. The number of hydrogen-bond donors (Lipinski definition) is 2. The summed E-state index contributed by atoms with van der Waals surface area (Å²) in [5.74, 6) is -0.486. The van der Waals surface area contributed by atoms with E-state index in [1.165, 1.54) is 18.3 Å². The average Bonchev–Trinajstić information content (AvgIpc) is 3.13. The smallest absolute Gasteiger partial charge is 0.272 e. The van der Waals surface area contributed by atoms with Gasteiger partial charge in [-0.1, -0.05) is 47.5 Å². The van der Waals surface area contributed by atoms with E-state index in [0.717, 1.165) is 11.1 Å². The number of nitrogens with one attached hydrogen (secondary N) is 2. The van der Waals surface area contributed by atoms with Gasteiger partial charge in [-0.25, -0.2) is 5.43 Å². The zero-order valence-corrected chi connectivity index (χ0v) is 14.9. The summed E-state index contributed by atoms with van der Waals surface area (Å²) in [5.41, 5.74) is 5.42. The molecule has 0 fully saturated rings. The lowest BCUT2D eigenvalue weighted by molar-refractivity contribution is -0.384. The van der Waals surface area contributed by atoms with Gasteiger partial charge in [0, 0.05) is 17.2 Å². The molecule has 27 heavy (non-hydrogen) atoms. The summed E-state index contributed by atoms with van der Waals surface area (Å²) in [6.45, 7) is 1.99. The second-order valence-corrected chi connectivity index (χ2v) is 6.11. The van der Waals surface area contributed by atoms with Gasteiger partial charge in [-0.05, 0) is 19.1 Å². The van der Waals surface area contributed by atoms with Crippen LogP contribution in [-0.2, 0) is 0 Å². The number of hydrazone groups is 1. The van der Waals surface area contributed by atoms with Gasteiger partial charge >= 0.3 is 0 Å². The van der Waals surface area contributed by atoms with Crippen molar-refractivity contribution in [1.82, 2.24) is 15.6 Å². The molecule has 2 aromatic carbocycles. The van der Waals surface area contributed by atoms with Gasteiger partial charge < -0.3 is 0 Å². The standard InChI is InChI=1S/C18H14ClN5O3/c1-11-2-5-13(6-3-11)15-9-16(22-21-15)18(25)23-20-10-12-4-7-14(19)17(8-12)24(26)27/h2-10H,1H3,(H,21,22)(H,23,25). The number of hydrogen-bond acceptors (Lipinski definition) is 5. The van der Waals surface area contributed by atoms with E-state index in [1.54, 1.807) is 12.1 Å². The minimum absolute atomic E-state index is 0.0299. The minimum atomic E-state index is -0.588. The van der Waals surface area contributed by atoms with Crippen molar-refractivity contribution in [2.45, 2.75) is 6.92 Å². The number of nitro benzene ring substituents is 1. The van der Waals surface area contributed by atoms with E-state index in [4.69, 9.17) is 11.6 Å². The van der Waals surface area contributed by atoms with Crippen molar-refractivity contribution in [3.63, 3.8) is 0 Å². The normalized spacial score (nSPS) is 10.9. The molecule has 3 aromatic rings. The van der Waals surface area contributed by atoms with Crippen LogP contribution in [0.5, 0.6) is 0 Å². The molecule has 0 spiro atoms. The lowest BCUT2D eigenvalue weighted by Crippen LogP contribution is -2.18. The molecule has 0 aliphatic carbocycles. The molecule has 1 aromatic heterocycles. The number of carbonyl (C=O) groups excluding carboxylic acids is 1. The van der Waals surface area contributed by atoms with Crippen LogP contribution in [0.3, 0.4) is 0 Å². The van der Waals surface area contributed by atoms with E-state index in [2.05, 4.69) is 20.7 Å². The largest absolute Gasteiger partial charge is 0.289 e. The minimum Gasteiger partial charge on any atom is -0.272 e. The SMILES string of the molecule is Cc1ccc(-c2cc(C(=O)NN=Cc3ccc(Cl)c([N+](=O)[O-])c3)[nH]n2)cc1. The van der Waals surface area contributed by atoms with Crippen molar-refractivity contribution in [3.8, 4) is 11.3 Å². The molecule has 1 amide bonds. The molecular formula is C18H14ClN5O3. The second-order valence-electron chi connectivity index (χ2n) is 5.70. The van der Waals surface area contributed by atoms with Crippen molar-refractivity contribution >= 4 is 29.4 Å². The first-order valence-corrected chi connectivity index (χ1v) is 8.21. The molecule has 0 unspecified atom stereocenters. The summed E-state index contributed by atoms with van der Waals surface area (Å²) in [6.07, 6.45) is 1.29. The summed E-state index contributed by atoms with van der Waals surface area (Å²) >= 11 is 5.75. The van der Waals surface area contributed by atoms with Crippen LogP contribution in [0.4, 0.5) is 5.69 Å². The van der Waals surface area contributed by atoms with Gasteiger partial charge in [0.1, 0.15) is 10.7 Å². The van der Waals surface area contributed by atoms with Gasteiger partial charge in [-0.3, -0.25) is 20.0 Å². The van der Waals surface area contributed by atoms with Gasteiger partial charge in [0.2, 0.25) is 0 Å². The highest BCUT2D eigenvalue weighted by atomic mass is 35.5. The van der Waals surface area contributed by atoms with E-state index in [0.29, 0.717) is 11.3 Å². The number of nitro groups is 1. The number of benzene rings is 2. The number of aryl methyl sites for hydroxylation is 1. The fraction of sp³-hybridized carbons (Fsp3) is 0.0556. The highest BCUT2D eigenvalue weighted by Gasteiger charge is 2.12. The van der Waals surface area contributed by atoms with Crippen LogP contribution >= 0.6 is 11.6 Å². The van der Waals surface area contributed by atoms with Gasteiger partial charge in [-0.15, -0.1) is 0 Å². The van der Waals surface area contributed by atoms with Gasteiger partial charge in [0.25, 0.3) is 11.6 Å². The van der Waals surface area contributed by atoms with E-state index < -0.39 is 10.8 Å². The Hall–Kier alpha value is -3.52. The van der Waals surface area contributed by atoms with Crippen LogP contribution in [0.2, 0.25) is 5.02 Å². The molecule has 9 heteroatoms. The second kappa shape index (κ2) is 7.79. The Morgan fingerprint density at radius 1 is 1.26 bits per heavy atom. The van der Waals surface area contributed by atoms with Crippen LogP contribution in [0, 0.1) is 17.0 Å². The van der Waals surface area contributed by atoms with E-state index >= 15 is 0 Å². The molecule has 0 aliphatic heterocycles. The van der Waals surface area contributed by atoms with E-state index in [-0.39, 0.29) is 16.4 Å². The molecule has 3 rings (SSSR count). The number of halogens is 1. The number of nitrogens with zero attached hydrogens (tertiary/aromatic N) is 3. The molecule has 0 saturated heterocycles. The first-order chi connectivity index (χ1) is 12.9. The van der Waals surface area contributed by atoms with Gasteiger partial charge in [0.15, 0.2) is 0 Å². The monoisotopic (exact) mass is 383 g/mol. The van der Waals surface area contributed by atoms with Crippen molar-refractivity contribution < 1.29 is 9.72 Å². The van der Waals surface area contributed by atoms with Crippen LogP contribution in [-0.4, -0.2) is 27.2 Å². The summed E-state index contributed by atoms with van der Waals surface area (Å²) in [6, 6.07) is 13.6. The third-order valence-electron chi connectivity index (χ3n) is 3.72. The number of amides is 1. The Morgan fingerprint density at radius 3 is 2.70 bits per heavy atom. The third-order valence-corrected chi connectivity index (χ3v) is 4.04. The molecule has 0 atom stereocenters. The number of carbonyl (C=O) groups is 1. The number of H-pyrrole nitrogens is 1. The number of rotatable bonds is 5. The van der Waals surface area contributed by atoms with Crippen molar-refractivity contribution in [2.24, 2.45) is 5.10 Å². The highest BCUT2D eigenvalue weighted by Crippen LogP contribution is 2.24. The molecule has 0 saturated carbocycles. The predicted octanol–water partition coefficient (Wildman–Crippen LogP) is 3.71. The van der Waals surface area contributed by atoms with Crippen LogP contribution in [0.1, 0.15) is 21.6 Å². The maximum absolute atomic E-state index is 12.1. The first kappa shape index (κ1) is 18.3. The quantitative estimate of drug-likeness (QED) is 0.397. The maximum atomic E-state index is 12.1. The Kier molecular flexibility index (Phi) is 5.28. The first-order valence-electron chi connectivity index (χ1n) is 7.84. The molecule has 0 bridgehead atoms. The van der Waals surface area contributed by atoms with Crippen molar-refractivity contribution in [3.05, 3.63) is 80.5 Å². The molecule has 136 valence electrons. The average molecular weight is 384 g/mol. The molecule has 1 heterocycles. The summed E-state index contributed by atoms with van der Waals surface area (Å²) in [4.78, 5) is 22.4. The Bertz CT molecular complexity index is 1030.